The predicted molar refractivity (Wildman–Crippen MR) is 64.0 cm³/mol. The van der Waals surface area contributed by atoms with Gasteiger partial charge in [0, 0.05) is 18.3 Å². The molecule has 6 nitrogen and oxygen atoms in total. The van der Waals surface area contributed by atoms with Crippen LogP contribution in [0.2, 0.25) is 0 Å². The standard InChI is InChI=1S/C12H6F4N2O4/c13-8-3-6(12(14,15)16)5-17-11(8)22-7-1-2-9(18(20)21)10(19)4-7/h1-5,19H. The van der Waals surface area contributed by atoms with Gasteiger partial charge in [0.2, 0.25) is 0 Å². The molecule has 0 aliphatic heterocycles. The Balaban J connectivity index is 2.28. The molecule has 116 valence electrons. The van der Waals surface area contributed by atoms with Crippen molar-refractivity contribution in [3.63, 3.8) is 0 Å². The van der Waals surface area contributed by atoms with Crippen LogP contribution in [0.15, 0.2) is 30.5 Å². The molecule has 0 bridgehead atoms. The first-order valence-corrected chi connectivity index (χ1v) is 5.56. The molecule has 2 rings (SSSR count). The number of ether oxygens (including phenoxy) is 1. The lowest BCUT2D eigenvalue weighted by molar-refractivity contribution is -0.385. The zero-order chi connectivity index (χ0) is 16.5. The van der Waals surface area contributed by atoms with E-state index in [9.17, 15) is 32.8 Å². The maximum atomic E-state index is 13.5. The highest BCUT2D eigenvalue weighted by atomic mass is 19.4. The fourth-order valence-corrected chi connectivity index (χ4v) is 1.49. The van der Waals surface area contributed by atoms with Gasteiger partial charge >= 0.3 is 11.9 Å². The van der Waals surface area contributed by atoms with Gasteiger partial charge in [-0.05, 0) is 12.1 Å². The molecule has 0 fully saturated rings. The average Bonchev–Trinajstić information content (AvgIpc) is 2.39. The molecule has 0 unspecified atom stereocenters. The van der Waals surface area contributed by atoms with E-state index < -0.39 is 39.8 Å². The van der Waals surface area contributed by atoms with Crippen molar-refractivity contribution in [2.24, 2.45) is 0 Å². The number of halogens is 4. The van der Waals surface area contributed by atoms with Crippen LogP contribution in [0.4, 0.5) is 23.2 Å². The Kier molecular flexibility index (Phi) is 3.85. The van der Waals surface area contributed by atoms with Gasteiger partial charge in [-0.1, -0.05) is 0 Å². The van der Waals surface area contributed by atoms with Gasteiger partial charge in [-0.2, -0.15) is 13.2 Å². The van der Waals surface area contributed by atoms with Gasteiger partial charge in [0.1, 0.15) is 5.75 Å². The second-order valence-corrected chi connectivity index (χ2v) is 4.02. The Morgan fingerprint density at radius 3 is 2.45 bits per heavy atom. The molecule has 22 heavy (non-hydrogen) atoms. The summed E-state index contributed by atoms with van der Waals surface area (Å²) in [4.78, 5) is 12.8. The van der Waals surface area contributed by atoms with Crippen LogP contribution >= 0.6 is 0 Å². The number of aromatic nitrogens is 1. The number of hydrogen-bond donors (Lipinski definition) is 1. The number of pyridine rings is 1. The number of phenolic OH excluding ortho intramolecular Hbond substituents is 1. The minimum atomic E-state index is -4.75. The molecule has 1 aromatic heterocycles. The molecule has 0 spiro atoms. The third-order valence-electron chi connectivity index (χ3n) is 2.49. The van der Waals surface area contributed by atoms with Crippen LogP contribution in [-0.4, -0.2) is 15.0 Å². The number of nitro benzene ring substituents is 1. The number of alkyl halides is 3. The lowest BCUT2D eigenvalue weighted by Crippen LogP contribution is -2.06. The number of hydrogen-bond acceptors (Lipinski definition) is 5. The van der Waals surface area contributed by atoms with Crippen molar-refractivity contribution in [3.05, 3.63) is 52.0 Å². The van der Waals surface area contributed by atoms with Crippen molar-refractivity contribution in [1.29, 1.82) is 0 Å². The number of nitro groups is 1. The molecule has 1 aromatic carbocycles. The van der Waals surface area contributed by atoms with Gasteiger partial charge in [0.15, 0.2) is 11.6 Å². The van der Waals surface area contributed by atoms with Gasteiger partial charge in [0.05, 0.1) is 10.5 Å². The van der Waals surface area contributed by atoms with Crippen LogP contribution in [0.1, 0.15) is 5.56 Å². The maximum Gasteiger partial charge on any atom is 0.417 e. The molecule has 0 saturated heterocycles. The Morgan fingerprint density at radius 2 is 1.95 bits per heavy atom. The maximum absolute atomic E-state index is 13.5. The van der Waals surface area contributed by atoms with Gasteiger partial charge < -0.3 is 9.84 Å². The van der Waals surface area contributed by atoms with Crippen LogP contribution in [0.25, 0.3) is 0 Å². The van der Waals surface area contributed by atoms with Gasteiger partial charge in [-0.15, -0.1) is 0 Å². The van der Waals surface area contributed by atoms with E-state index in [2.05, 4.69) is 4.98 Å². The number of rotatable bonds is 3. The molecule has 0 saturated carbocycles. The minimum Gasteiger partial charge on any atom is -0.502 e. The normalized spacial score (nSPS) is 11.3. The highest BCUT2D eigenvalue weighted by Crippen LogP contribution is 2.34. The van der Waals surface area contributed by atoms with E-state index in [0.717, 1.165) is 18.2 Å². The van der Waals surface area contributed by atoms with Crippen LogP contribution in [-0.2, 0) is 6.18 Å². The number of aromatic hydroxyl groups is 1. The van der Waals surface area contributed by atoms with E-state index in [1.54, 1.807) is 0 Å². The van der Waals surface area contributed by atoms with E-state index in [1.807, 2.05) is 0 Å². The Hall–Kier alpha value is -2.91. The number of nitrogens with zero attached hydrogens (tertiary/aromatic N) is 2. The van der Waals surface area contributed by atoms with Crippen LogP contribution < -0.4 is 4.74 Å². The molecular formula is C12H6F4N2O4. The fraction of sp³-hybridized carbons (Fsp3) is 0.0833. The first-order valence-electron chi connectivity index (χ1n) is 5.56. The van der Waals surface area contributed by atoms with Crippen LogP contribution in [0, 0.1) is 15.9 Å². The largest absolute Gasteiger partial charge is 0.502 e. The third-order valence-corrected chi connectivity index (χ3v) is 2.49. The molecule has 0 aliphatic carbocycles. The molecule has 0 amide bonds. The highest BCUT2D eigenvalue weighted by Gasteiger charge is 2.32. The lowest BCUT2D eigenvalue weighted by Gasteiger charge is -2.09. The Labute approximate surface area is 119 Å². The summed E-state index contributed by atoms with van der Waals surface area (Å²) in [5.74, 6) is -3.10. The first kappa shape index (κ1) is 15.5. The second kappa shape index (κ2) is 5.47. The van der Waals surface area contributed by atoms with Gasteiger partial charge in [-0.3, -0.25) is 10.1 Å². The molecule has 1 heterocycles. The first-order chi connectivity index (χ1) is 10.2. The van der Waals surface area contributed by atoms with Gasteiger partial charge in [0.25, 0.3) is 5.88 Å². The molecule has 0 atom stereocenters. The number of benzene rings is 1. The summed E-state index contributed by atoms with van der Waals surface area (Å²) in [6, 6.07) is 2.95. The Morgan fingerprint density at radius 1 is 1.27 bits per heavy atom. The molecule has 1 N–H and O–H groups in total. The van der Waals surface area contributed by atoms with Gasteiger partial charge in [-0.25, -0.2) is 9.37 Å². The van der Waals surface area contributed by atoms with Crippen LogP contribution in [0.3, 0.4) is 0 Å². The Bertz CT molecular complexity index is 734. The number of phenols is 1. The molecule has 0 radical (unpaired) electrons. The second-order valence-electron chi connectivity index (χ2n) is 4.02. The van der Waals surface area contributed by atoms with Crippen molar-refractivity contribution in [3.8, 4) is 17.4 Å². The SMILES string of the molecule is O=[N+]([O-])c1ccc(Oc2ncc(C(F)(F)F)cc2F)cc1O. The zero-order valence-electron chi connectivity index (χ0n) is 10.5. The summed E-state index contributed by atoms with van der Waals surface area (Å²) in [5.41, 5.74) is -1.89. The monoisotopic (exact) mass is 318 g/mol. The van der Waals surface area contributed by atoms with E-state index in [-0.39, 0.29) is 11.8 Å². The fourth-order valence-electron chi connectivity index (χ4n) is 1.49. The third kappa shape index (κ3) is 3.22. The summed E-state index contributed by atoms with van der Waals surface area (Å²) in [6.45, 7) is 0. The summed E-state index contributed by atoms with van der Waals surface area (Å²) in [6.07, 6.45) is -4.37. The summed E-state index contributed by atoms with van der Waals surface area (Å²) in [7, 11) is 0. The highest BCUT2D eigenvalue weighted by molar-refractivity contribution is 5.50. The van der Waals surface area contributed by atoms with Crippen molar-refractivity contribution in [2.45, 2.75) is 6.18 Å². The molecule has 0 aliphatic rings. The molecule has 10 heteroatoms. The van der Waals surface area contributed by atoms with Crippen LogP contribution in [0.5, 0.6) is 17.4 Å². The predicted octanol–water partition coefficient (Wildman–Crippen LogP) is 3.65. The lowest BCUT2D eigenvalue weighted by atomic mass is 10.2. The van der Waals surface area contributed by atoms with Crippen molar-refractivity contribution in [2.75, 3.05) is 0 Å². The zero-order valence-corrected chi connectivity index (χ0v) is 10.5. The quantitative estimate of drug-likeness (QED) is 0.530. The minimum absolute atomic E-state index is 0.202. The van der Waals surface area contributed by atoms with E-state index in [0.29, 0.717) is 6.20 Å². The van der Waals surface area contributed by atoms with E-state index in [1.165, 1.54) is 0 Å². The molecule has 2 aromatic rings. The summed E-state index contributed by atoms with van der Waals surface area (Å²) >= 11 is 0. The van der Waals surface area contributed by atoms with Crippen molar-refractivity contribution in [1.82, 2.24) is 4.98 Å². The molecular weight excluding hydrogens is 312 g/mol. The topological polar surface area (TPSA) is 85.5 Å². The van der Waals surface area contributed by atoms with Crippen molar-refractivity contribution >= 4 is 5.69 Å². The van der Waals surface area contributed by atoms with Crippen molar-refractivity contribution < 1.29 is 32.3 Å². The summed E-state index contributed by atoms with van der Waals surface area (Å²) in [5, 5.41) is 19.9. The van der Waals surface area contributed by atoms with E-state index >= 15 is 0 Å². The smallest absolute Gasteiger partial charge is 0.417 e. The van der Waals surface area contributed by atoms with E-state index in [4.69, 9.17) is 4.74 Å². The average molecular weight is 318 g/mol. The summed E-state index contributed by atoms with van der Waals surface area (Å²) < 4.78 is 55.4.